The molecule has 1 fully saturated rings. The van der Waals surface area contributed by atoms with Crippen molar-refractivity contribution < 1.29 is 21.6 Å². The summed E-state index contributed by atoms with van der Waals surface area (Å²) in [7, 11) is -6.50. The monoisotopic (exact) mass is 628 g/mol. The van der Waals surface area contributed by atoms with Crippen LogP contribution in [0.5, 0.6) is 5.75 Å². The highest BCUT2D eigenvalue weighted by Crippen LogP contribution is 2.45. The summed E-state index contributed by atoms with van der Waals surface area (Å²) >= 11 is 0. The average Bonchev–Trinajstić information content (AvgIpc) is 3.33. The summed E-state index contributed by atoms with van der Waals surface area (Å²) in [5, 5.41) is 5.79. The predicted molar refractivity (Wildman–Crippen MR) is 168 cm³/mol. The van der Waals surface area contributed by atoms with Crippen LogP contribution < -0.4 is 15.4 Å². The summed E-state index contributed by atoms with van der Waals surface area (Å²) < 4.78 is 55.3. The zero-order valence-electron chi connectivity index (χ0n) is 25.3. The number of sulfone groups is 2. The van der Waals surface area contributed by atoms with E-state index in [9.17, 15) is 16.8 Å². The lowest BCUT2D eigenvalue weighted by molar-refractivity contribution is 0.222. The van der Waals surface area contributed by atoms with Crippen LogP contribution in [0.15, 0.2) is 41.6 Å². The molecule has 0 amide bonds. The van der Waals surface area contributed by atoms with E-state index < -0.39 is 24.9 Å². The van der Waals surface area contributed by atoms with Crippen molar-refractivity contribution in [3.05, 3.63) is 53.3 Å². The van der Waals surface area contributed by atoms with Crippen LogP contribution in [0, 0.1) is 6.92 Å². The lowest BCUT2D eigenvalue weighted by atomic mass is 9.82. The number of aryl methyl sites for hydroxylation is 1. The van der Waals surface area contributed by atoms with Gasteiger partial charge in [0.2, 0.25) is 11.9 Å². The maximum absolute atomic E-state index is 12.9. The summed E-state index contributed by atoms with van der Waals surface area (Å²) in [6.45, 7) is 9.79. The second-order valence-corrected chi connectivity index (χ2v) is 16.5. The first-order chi connectivity index (χ1) is 20.3. The van der Waals surface area contributed by atoms with Gasteiger partial charge in [-0.05, 0) is 88.9 Å². The van der Waals surface area contributed by atoms with Gasteiger partial charge in [-0.15, -0.1) is 0 Å². The van der Waals surface area contributed by atoms with Gasteiger partial charge < -0.3 is 20.3 Å². The Morgan fingerprint density at radius 3 is 2.33 bits per heavy atom. The molecule has 0 spiro atoms. The zero-order chi connectivity index (χ0) is 30.9. The minimum absolute atomic E-state index is 0.0287. The summed E-state index contributed by atoms with van der Waals surface area (Å²) in [5.41, 5.74) is 4.85. The average molecular weight is 629 g/mol. The van der Waals surface area contributed by atoms with Crippen molar-refractivity contribution >= 4 is 42.9 Å². The van der Waals surface area contributed by atoms with E-state index in [1.165, 1.54) is 23.7 Å². The third kappa shape index (κ3) is 7.10. The van der Waals surface area contributed by atoms with Gasteiger partial charge in [0, 0.05) is 24.8 Å². The number of para-hydroxylation sites is 1. The van der Waals surface area contributed by atoms with Gasteiger partial charge in [0.15, 0.2) is 9.84 Å². The molecule has 2 aliphatic heterocycles. The molecule has 13 heteroatoms. The molecule has 1 aromatic heterocycles. The van der Waals surface area contributed by atoms with Gasteiger partial charge in [0.1, 0.15) is 28.0 Å². The number of hydrogen-bond acceptors (Lipinski definition) is 11. The molecular formula is C30H40N6O5S2. The number of hydrogen-bond donors (Lipinski definition) is 2. The molecule has 0 aliphatic carbocycles. The molecule has 5 rings (SSSR count). The number of nitrogens with zero attached hydrogens (tertiary/aromatic N) is 4. The summed E-state index contributed by atoms with van der Waals surface area (Å²) in [6, 6.07) is 8.78. The Hall–Kier alpha value is -3.29. The van der Waals surface area contributed by atoms with Crippen LogP contribution in [0.2, 0.25) is 0 Å². The standard InChI is InChI=1S/C30H40N6O5S2/c1-19(2)43(39,40)26-9-7-6-8-24(26)33-29-31-18-32-30(35-29)34-25-16-20(3)27(23-17-21(4)41-28(23)25)22-10-12-36(13-11-22)14-15-42(5,37)38/h6-9,16,18-19,21-22H,10-15,17H2,1-5H3,(H2,31,32,33,34,35)/t21-/m1/s1. The smallest absolute Gasteiger partial charge is 0.232 e. The molecule has 43 heavy (non-hydrogen) atoms. The number of rotatable bonds is 10. The minimum atomic E-state index is -3.52. The van der Waals surface area contributed by atoms with Gasteiger partial charge in [-0.2, -0.15) is 4.98 Å². The molecule has 0 saturated carbocycles. The van der Waals surface area contributed by atoms with E-state index in [4.69, 9.17) is 4.74 Å². The topological polar surface area (TPSA) is 143 Å². The van der Waals surface area contributed by atoms with Gasteiger partial charge in [0.05, 0.1) is 27.3 Å². The molecule has 2 N–H and O–H groups in total. The van der Waals surface area contributed by atoms with Gasteiger partial charge in [-0.1, -0.05) is 12.1 Å². The lowest BCUT2D eigenvalue weighted by Crippen LogP contribution is -2.36. The number of likely N-dealkylation sites (tertiary alicyclic amines) is 1. The van der Waals surface area contributed by atoms with Crippen LogP contribution in [0.1, 0.15) is 56.2 Å². The third-order valence-corrected chi connectivity index (χ3v) is 11.2. The number of aromatic nitrogens is 3. The van der Waals surface area contributed by atoms with E-state index in [-0.39, 0.29) is 22.7 Å². The molecule has 1 atom stereocenters. The summed E-state index contributed by atoms with van der Waals surface area (Å²) in [5.74, 6) is 1.89. The number of anilines is 4. The Labute approximate surface area is 254 Å². The van der Waals surface area contributed by atoms with E-state index in [0.29, 0.717) is 24.1 Å². The Bertz CT molecular complexity index is 1700. The number of nitrogens with one attached hydrogen (secondary N) is 2. The Morgan fingerprint density at radius 1 is 1.02 bits per heavy atom. The highest BCUT2D eigenvalue weighted by Gasteiger charge is 2.32. The van der Waals surface area contributed by atoms with Crippen LogP contribution in [0.25, 0.3) is 0 Å². The maximum atomic E-state index is 12.9. The first-order valence-corrected chi connectivity index (χ1v) is 18.2. The molecule has 3 heterocycles. The molecule has 3 aromatic rings. The highest BCUT2D eigenvalue weighted by molar-refractivity contribution is 7.92. The fraction of sp³-hybridized carbons (Fsp3) is 0.500. The van der Waals surface area contributed by atoms with E-state index in [0.717, 1.165) is 49.4 Å². The maximum Gasteiger partial charge on any atom is 0.232 e. The number of ether oxygens (including phenoxy) is 1. The van der Waals surface area contributed by atoms with Gasteiger partial charge in [0.25, 0.3) is 0 Å². The normalized spacial score (nSPS) is 18.0. The van der Waals surface area contributed by atoms with E-state index in [1.807, 2.05) is 0 Å². The second kappa shape index (κ2) is 12.4. The Morgan fingerprint density at radius 2 is 1.67 bits per heavy atom. The van der Waals surface area contributed by atoms with Crippen molar-refractivity contribution in [2.45, 2.75) is 69.1 Å². The van der Waals surface area contributed by atoms with Gasteiger partial charge in [-0.3, -0.25) is 0 Å². The summed E-state index contributed by atoms with van der Waals surface area (Å²) in [4.78, 5) is 15.5. The predicted octanol–water partition coefficient (Wildman–Crippen LogP) is 4.40. The fourth-order valence-corrected chi connectivity index (χ4v) is 7.67. The quantitative estimate of drug-likeness (QED) is 0.330. The van der Waals surface area contributed by atoms with Crippen LogP contribution in [0.3, 0.4) is 0 Å². The number of benzene rings is 2. The second-order valence-electron chi connectivity index (χ2n) is 11.8. The van der Waals surface area contributed by atoms with Crippen molar-refractivity contribution in [2.24, 2.45) is 0 Å². The van der Waals surface area contributed by atoms with E-state index >= 15 is 0 Å². The molecule has 2 aliphatic rings. The molecular weight excluding hydrogens is 589 g/mol. The largest absolute Gasteiger partial charge is 0.488 e. The van der Waals surface area contributed by atoms with Crippen molar-refractivity contribution in [1.82, 2.24) is 19.9 Å². The van der Waals surface area contributed by atoms with Crippen LogP contribution in [0.4, 0.5) is 23.3 Å². The molecule has 0 bridgehead atoms. The molecule has 1 saturated heterocycles. The minimum Gasteiger partial charge on any atom is -0.488 e. The molecule has 0 unspecified atom stereocenters. The van der Waals surface area contributed by atoms with Crippen LogP contribution in [-0.4, -0.2) is 79.7 Å². The van der Waals surface area contributed by atoms with Gasteiger partial charge in [-0.25, -0.2) is 26.8 Å². The molecule has 0 radical (unpaired) electrons. The SMILES string of the molecule is Cc1cc(Nc2ncnc(Nc3ccccc3S(=O)(=O)C(C)C)n2)c2c(c1C1CCN(CCS(C)(=O)=O)CC1)C[C@@H](C)O2. The third-order valence-electron chi connectivity index (χ3n) is 8.09. The van der Waals surface area contributed by atoms with Crippen molar-refractivity contribution in [3.63, 3.8) is 0 Å². The van der Waals surface area contributed by atoms with Crippen LogP contribution >= 0.6 is 0 Å². The van der Waals surface area contributed by atoms with E-state index in [1.54, 1.807) is 38.1 Å². The first kappa shape index (κ1) is 31.1. The number of piperidine rings is 1. The summed E-state index contributed by atoms with van der Waals surface area (Å²) in [6.07, 6.45) is 5.43. The molecule has 2 aromatic carbocycles. The van der Waals surface area contributed by atoms with Gasteiger partial charge >= 0.3 is 0 Å². The molecule has 232 valence electrons. The van der Waals surface area contributed by atoms with Crippen molar-refractivity contribution in [1.29, 1.82) is 0 Å². The zero-order valence-corrected chi connectivity index (χ0v) is 26.9. The first-order valence-electron chi connectivity index (χ1n) is 14.6. The lowest BCUT2D eigenvalue weighted by Gasteiger charge is -2.33. The van der Waals surface area contributed by atoms with Crippen molar-refractivity contribution in [3.8, 4) is 5.75 Å². The Balaban J connectivity index is 1.36. The molecule has 11 nitrogen and oxygen atoms in total. The van der Waals surface area contributed by atoms with Crippen molar-refractivity contribution in [2.75, 3.05) is 42.3 Å². The highest BCUT2D eigenvalue weighted by atomic mass is 32.2. The fourth-order valence-electron chi connectivity index (χ4n) is 5.88. The number of fused-ring (bicyclic) bond motifs is 1. The van der Waals surface area contributed by atoms with E-state index in [2.05, 4.69) is 50.4 Å². The Kier molecular flexibility index (Phi) is 8.96. The van der Waals surface area contributed by atoms with Crippen LogP contribution in [-0.2, 0) is 26.1 Å².